The molecule has 0 bridgehead atoms. The van der Waals surface area contributed by atoms with E-state index in [0.29, 0.717) is 11.6 Å². The first-order valence-electron chi connectivity index (χ1n) is 11.5. The Bertz CT molecular complexity index is 1250. The molecule has 0 spiro atoms. The first-order chi connectivity index (χ1) is 15.4. The summed E-state index contributed by atoms with van der Waals surface area (Å²) in [6.07, 6.45) is 2.76. The average Bonchev–Trinajstić information content (AvgIpc) is 3.26. The van der Waals surface area contributed by atoms with E-state index in [9.17, 15) is 9.59 Å². The van der Waals surface area contributed by atoms with Crippen LogP contribution in [0, 0.1) is 17.8 Å². The number of nitrogens with zero attached hydrogens (tertiary/aromatic N) is 5. The number of carbonyl (C=O) groups excluding carboxylic acids is 1. The monoisotopic (exact) mass is 470 g/mol. The van der Waals surface area contributed by atoms with Crippen LogP contribution in [0.3, 0.4) is 0 Å². The normalized spacial score (nSPS) is 20.8. The summed E-state index contributed by atoms with van der Waals surface area (Å²) >= 11 is 1.31. The lowest BCUT2D eigenvalue weighted by Crippen LogP contribution is -2.48. The fourth-order valence-electron chi connectivity index (χ4n) is 4.72. The summed E-state index contributed by atoms with van der Waals surface area (Å²) < 4.78 is 3.47. The van der Waals surface area contributed by atoms with Gasteiger partial charge in [0.2, 0.25) is 5.01 Å². The molecule has 0 saturated heterocycles. The molecule has 3 aromatic rings. The van der Waals surface area contributed by atoms with E-state index in [1.807, 2.05) is 17.6 Å². The van der Waals surface area contributed by atoms with Crippen molar-refractivity contribution < 1.29 is 4.79 Å². The van der Waals surface area contributed by atoms with Crippen LogP contribution in [0.4, 0.5) is 0 Å². The summed E-state index contributed by atoms with van der Waals surface area (Å²) in [5.74, 6) is 0.0503. The van der Waals surface area contributed by atoms with Gasteiger partial charge in [-0.15, -0.1) is 10.2 Å². The summed E-state index contributed by atoms with van der Waals surface area (Å²) in [6, 6.07) is 4.08. The number of pyridine rings is 1. The first kappa shape index (κ1) is 23.6. The number of carbonyl (C=O) groups is 1. The lowest BCUT2D eigenvalue weighted by Gasteiger charge is -2.42. The van der Waals surface area contributed by atoms with Crippen molar-refractivity contribution in [3.8, 4) is 0 Å². The number of nitrogens with one attached hydrogen (secondary N) is 1. The Hall–Kier alpha value is -2.55. The number of hydrogen-bond acceptors (Lipinski definition) is 6. The second-order valence-corrected chi connectivity index (χ2v) is 12.4. The van der Waals surface area contributed by atoms with Crippen molar-refractivity contribution in [2.24, 2.45) is 17.9 Å². The van der Waals surface area contributed by atoms with Crippen LogP contribution < -0.4 is 11.0 Å². The molecule has 1 amide bonds. The van der Waals surface area contributed by atoms with Crippen molar-refractivity contribution in [1.82, 2.24) is 29.6 Å². The van der Waals surface area contributed by atoms with Crippen molar-refractivity contribution in [3.05, 3.63) is 38.3 Å². The molecule has 3 heterocycles. The van der Waals surface area contributed by atoms with Gasteiger partial charge in [-0.05, 0) is 49.1 Å². The van der Waals surface area contributed by atoms with Crippen LogP contribution >= 0.6 is 11.3 Å². The number of aryl methyl sites for hydroxylation is 2. The zero-order valence-electron chi connectivity index (χ0n) is 20.6. The Morgan fingerprint density at radius 1 is 1.27 bits per heavy atom. The number of rotatable bonds is 4. The van der Waals surface area contributed by atoms with E-state index >= 15 is 0 Å². The number of amides is 1. The van der Waals surface area contributed by atoms with Gasteiger partial charge in [-0.25, -0.2) is 9.78 Å². The van der Waals surface area contributed by atoms with Crippen molar-refractivity contribution >= 4 is 28.4 Å². The van der Waals surface area contributed by atoms with Gasteiger partial charge in [-0.1, -0.05) is 46.0 Å². The third-order valence-electron chi connectivity index (χ3n) is 6.68. The van der Waals surface area contributed by atoms with Crippen LogP contribution in [0.5, 0.6) is 0 Å². The molecule has 4 rings (SSSR count). The molecular formula is C24H34N6O2S. The molecule has 1 N–H and O–H groups in total. The summed E-state index contributed by atoms with van der Waals surface area (Å²) in [5.41, 5.74) is 2.49. The minimum absolute atomic E-state index is 0.000221. The van der Waals surface area contributed by atoms with Gasteiger partial charge in [0.25, 0.3) is 5.91 Å². The smallest absolute Gasteiger partial charge is 0.330 e. The Morgan fingerprint density at radius 3 is 2.64 bits per heavy atom. The maximum atomic E-state index is 12.9. The van der Waals surface area contributed by atoms with Crippen molar-refractivity contribution in [1.29, 1.82) is 0 Å². The molecule has 2 unspecified atom stereocenters. The lowest BCUT2D eigenvalue weighted by atomic mass is 9.68. The highest BCUT2D eigenvalue weighted by Crippen LogP contribution is 2.42. The van der Waals surface area contributed by atoms with E-state index in [4.69, 9.17) is 4.98 Å². The molecule has 0 aromatic carbocycles. The SMILES string of the molecule is Cc1nnc(C(=O)NC2CC(c3ccc4c(n3)n(C)c(=O)n4CC(C)(C)C)CCC2(C)C)s1. The van der Waals surface area contributed by atoms with Crippen LogP contribution in [0.25, 0.3) is 11.2 Å². The van der Waals surface area contributed by atoms with E-state index in [-0.39, 0.29) is 34.4 Å². The Kier molecular flexibility index (Phi) is 5.97. The highest BCUT2D eigenvalue weighted by Gasteiger charge is 2.39. The fraction of sp³-hybridized carbons (Fsp3) is 0.625. The topological polar surface area (TPSA) is 94.7 Å². The third-order valence-corrected chi connectivity index (χ3v) is 7.52. The average molecular weight is 471 g/mol. The second-order valence-electron chi connectivity index (χ2n) is 11.2. The molecule has 2 atom stereocenters. The van der Waals surface area contributed by atoms with Gasteiger partial charge in [0.05, 0.1) is 5.52 Å². The minimum Gasteiger partial charge on any atom is -0.347 e. The maximum absolute atomic E-state index is 12.9. The molecule has 1 aliphatic carbocycles. The van der Waals surface area contributed by atoms with Gasteiger partial charge < -0.3 is 5.32 Å². The molecule has 178 valence electrons. The van der Waals surface area contributed by atoms with Gasteiger partial charge in [-0.3, -0.25) is 13.9 Å². The Balaban J connectivity index is 1.60. The van der Waals surface area contributed by atoms with Crippen molar-refractivity contribution in [2.75, 3.05) is 0 Å². The molecule has 33 heavy (non-hydrogen) atoms. The predicted molar refractivity (Wildman–Crippen MR) is 131 cm³/mol. The molecule has 3 aromatic heterocycles. The summed E-state index contributed by atoms with van der Waals surface area (Å²) in [6.45, 7) is 13.3. The first-order valence-corrected chi connectivity index (χ1v) is 12.3. The standard InChI is InChI=1S/C24H34N6O2S/c1-14-27-28-21(33-14)20(31)26-18-12-15(10-11-24(18,5)6)16-8-9-17-19(25-16)29(7)22(32)30(17)13-23(2,3)4/h8-9,15,18H,10-13H2,1-7H3,(H,26,31). The van der Waals surface area contributed by atoms with Crippen molar-refractivity contribution in [2.45, 2.75) is 79.3 Å². The van der Waals surface area contributed by atoms with E-state index in [1.54, 1.807) is 11.6 Å². The van der Waals surface area contributed by atoms with E-state index in [2.05, 4.69) is 56.2 Å². The van der Waals surface area contributed by atoms with E-state index < -0.39 is 0 Å². The predicted octanol–water partition coefficient (Wildman–Crippen LogP) is 4.03. The van der Waals surface area contributed by atoms with Crippen LogP contribution in [0.2, 0.25) is 0 Å². The number of imidazole rings is 1. The van der Waals surface area contributed by atoms with Gasteiger partial charge in [-0.2, -0.15) is 0 Å². The van der Waals surface area contributed by atoms with Crippen molar-refractivity contribution in [3.63, 3.8) is 0 Å². The molecule has 9 heteroatoms. The molecule has 1 saturated carbocycles. The summed E-state index contributed by atoms with van der Waals surface area (Å²) in [4.78, 5) is 30.6. The molecule has 1 fully saturated rings. The van der Waals surface area contributed by atoms with Gasteiger partial charge >= 0.3 is 5.69 Å². The number of hydrogen-bond donors (Lipinski definition) is 1. The summed E-state index contributed by atoms with van der Waals surface area (Å²) in [5, 5.41) is 12.4. The van der Waals surface area contributed by atoms with Gasteiger partial charge in [0.15, 0.2) is 5.65 Å². The molecule has 8 nitrogen and oxygen atoms in total. The zero-order valence-corrected chi connectivity index (χ0v) is 21.4. The summed E-state index contributed by atoms with van der Waals surface area (Å²) in [7, 11) is 1.79. The molecular weight excluding hydrogens is 436 g/mol. The van der Waals surface area contributed by atoms with Crippen LogP contribution in [-0.2, 0) is 13.6 Å². The van der Waals surface area contributed by atoms with E-state index in [0.717, 1.165) is 41.1 Å². The maximum Gasteiger partial charge on any atom is 0.330 e. The zero-order chi connectivity index (χ0) is 24.1. The largest absolute Gasteiger partial charge is 0.347 e. The minimum atomic E-state index is -0.163. The second kappa shape index (κ2) is 8.34. The Labute approximate surface area is 198 Å². The molecule has 0 radical (unpaired) electrons. The van der Waals surface area contributed by atoms with Gasteiger partial charge in [0.1, 0.15) is 5.01 Å². The van der Waals surface area contributed by atoms with Crippen LogP contribution in [0.15, 0.2) is 16.9 Å². The number of aromatic nitrogens is 5. The fourth-order valence-corrected chi connectivity index (χ4v) is 5.31. The Morgan fingerprint density at radius 2 is 2.00 bits per heavy atom. The lowest BCUT2D eigenvalue weighted by molar-refractivity contribution is 0.0835. The van der Waals surface area contributed by atoms with Crippen LogP contribution in [-0.4, -0.2) is 36.3 Å². The third kappa shape index (κ3) is 4.74. The van der Waals surface area contributed by atoms with Gasteiger partial charge in [0, 0.05) is 31.2 Å². The van der Waals surface area contributed by atoms with Crippen LogP contribution in [0.1, 0.15) is 80.3 Å². The molecule has 0 aliphatic heterocycles. The highest BCUT2D eigenvalue weighted by molar-refractivity contribution is 7.13. The number of fused-ring (bicyclic) bond motifs is 1. The highest BCUT2D eigenvalue weighted by atomic mass is 32.1. The van der Waals surface area contributed by atoms with E-state index in [1.165, 1.54) is 11.3 Å². The quantitative estimate of drug-likeness (QED) is 0.621. The molecule has 1 aliphatic rings.